The van der Waals surface area contributed by atoms with Crippen molar-refractivity contribution < 1.29 is 24.6 Å². The molecule has 0 saturated heterocycles. The van der Waals surface area contributed by atoms with Crippen LogP contribution in [0.15, 0.2) is 35.1 Å². The third kappa shape index (κ3) is 2.28. The van der Waals surface area contributed by atoms with Gasteiger partial charge in [0.15, 0.2) is 5.75 Å². The topological polar surface area (TPSA) is 37.3 Å². The molecule has 0 amide bonds. The Labute approximate surface area is 71.3 Å². The van der Waals surface area contributed by atoms with Crippen molar-refractivity contribution in [2.24, 2.45) is 0 Å². The standard InChI is InChI=1S/C7H6O2.Ru/c8-6-4-2-1-3-5-7(6)9;/h1-5H,(H,8,9);. The second-order valence-electron chi connectivity index (χ2n) is 1.66. The number of rotatable bonds is 0. The molecule has 3 heteroatoms. The molecule has 0 aromatic heterocycles. The average Bonchev–Trinajstić information content (AvgIpc) is 1.99. The van der Waals surface area contributed by atoms with Crippen LogP contribution in [0.3, 0.4) is 0 Å². The number of hydrogen-bond donors (Lipinski definition) is 1. The molecule has 54 valence electrons. The van der Waals surface area contributed by atoms with E-state index < -0.39 is 0 Å². The first kappa shape index (κ1) is 9.31. The van der Waals surface area contributed by atoms with Crippen LogP contribution in [0, 0.1) is 0 Å². The van der Waals surface area contributed by atoms with Crippen molar-refractivity contribution >= 4 is 0 Å². The quantitative estimate of drug-likeness (QED) is 0.659. The van der Waals surface area contributed by atoms with Crippen LogP contribution >= 0.6 is 0 Å². The van der Waals surface area contributed by atoms with Gasteiger partial charge >= 0.3 is 0 Å². The van der Waals surface area contributed by atoms with Crippen molar-refractivity contribution in [2.45, 2.75) is 0 Å². The molecule has 0 aliphatic heterocycles. The normalized spacial score (nSPS) is 8.00. The maximum atomic E-state index is 10.6. The second kappa shape index (κ2) is 4.18. The van der Waals surface area contributed by atoms with E-state index in [1.165, 1.54) is 12.1 Å². The van der Waals surface area contributed by atoms with Gasteiger partial charge in [0.05, 0.1) is 0 Å². The van der Waals surface area contributed by atoms with Gasteiger partial charge < -0.3 is 5.11 Å². The zero-order valence-corrected chi connectivity index (χ0v) is 6.83. The molecule has 0 atom stereocenters. The van der Waals surface area contributed by atoms with Gasteiger partial charge in [0.25, 0.3) is 0 Å². The van der Waals surface area contributed by atoms with E-state index in [0.717, 1.165) is 0 Å². The first-order chi connectivity index (χ1) is 4.30. The minimum absolute atomic E-state index is 0. The van der Waals surface area contributed by atoms with Gasteiger partial charge in [0.2, 0.25) is 5.43 Å². The predicted molar refractivity (Wildman–Crippen MR) is 34.4 cm³/mol. The molecule has 0 bridgehead atoms. The van der Waals surface area contributed by atoms with Crippen LogP contribution in [-0.4, -0.2) is 5.11 Å². The van der Waals surface area contributed by atoms with Gasteiger partial charge in [0.1, 0.15) is 0 Å². The van der Waals surface area contributed by atoms with Crippen LogP contribution in [0.1, 0.15) is 0 Å². The van der Waals surface area contributed by atoms with Gasteiger partial charge in [-0.3, -0.25) is 4.79 Å². The van der Waals surface area contributed by atoms with E-state index in [0.29, 0.717) is 0 Å². The molecule has 0 spiro atoms. The van der Waals surface area contributed by atoms with E-state index in [9.17, 15) is 4.79 Å². The van der Waals surface area contributed by atoms with Crippen LogP contribution in [0.5, 0.6) is 5.75 Å². The van der Waals surface area contributed by atoms with Gasteiger partial charge in [-0.15, -0.1) is 0 Å². The molecule has 1 aromatic carbocycles. The molecule has 1 aromatic rings. The third-order valence-corrected chi connectivity index (χ3v) is 0.976. The second-order valence-corrected chi connectivity index (χ2v) is 1.66. The average molecular weight is 223 g/mol. The minimum Gasteiger partial charge on any atom is -0.504 e. The summed E-state index contributed by atoms with van der Waals surface area (Å²) in [5.41, 5.74) is -0.347. The summed E-state index contributed by atoms with van der Waals surface area (Å²) in [6, 6.07) is 7.55. The predicted octanol–water partition coefficient (Wildman–Crippen LogP) is 0.750. The van der Waals surface area contributed by atoms with Gasteiger partial charge in [-0.05, 0) is 12.1 Å². The summed E-state index contributed by atoms with van der Waals surface area (Å²) >= 11 is 0. The Morgan fingerprint density at radius 3 is 2.40 bits per heavy atom. The zero-order chi connectivity index (χ0) is 6.69. The first-order valence-electron chi connectivity index (χ1n) is 2.59. The Balaban J connectivity index is 0.000000810. The van der Waals surface area contributed by atoms with Crippen molar-refractivity contribution in [1.29, 1.82) is 0 Å². The summed E-state index contributed by atoms with van der Waals surface area (Å²) in [7, 11) is 0. The van der Waals surface area contributed by atoms with E-state index in [2.05, 4.69) is 0 Å². The fraction of sp³-hybridized carbons (Fsp3) is 0. The summed E-state index contributed by atoms with van der Waals surface area (Å²) in [6.07, 6.45) is 0. The number of aromatic hydroxyl groups is 1. The third-order valence-electron chi connectivity index (χ3n) is 0.976. The molecule has 1 N–H and O–H groups in total. The fourth-order valence-corrected chi connectivity index (χ4v) is 0.521. The van der Waals surface area contributed by atoms with Crippen molar-refractivity contribution in [1.82, 2.24) is 0 Å². The zero-order valence-electron chi connectivity index (χ0n) is 5.10. The summed E-state index contributed by atoms with van der Waals surface area (Å²) in [4.78, 5) is 10.6. The molecule has 0 heterocycles. The van der Waals surface area contributed by atoms with E-state index in [1.807, 2.05) is 0 Å². The minimum atomic E-state index is -0.347. The van der Waals surface area contributed by atoms with E-state index >= 15 is 0 Å². The molecule has 10 heavy (non-hydrogen) atoms. The first-order valence-corrected chi connectivity index (χ1v) is 2.59. The van der Waals surface area contributed by atoms with Gasteiger partial charge in [-0.2, -0.15) is 0 Å². The smallest absolute Gasteiger partial charge is 0.220 e. The molecule has 0 aliphatic rings. The molecule has 0 fully saturated rings. The van der Waals surface area contributed by atoms with Crippen LogP contribution in [0.4, 0.5) is 0 Å². The van der Waals surface area contributed by atoms with Crippen molar-refractivity contribution in [3.05, 3.63) is 40.6 Å². The van der Waals surface area contributed by atoms with E-state index in [4.69, 9.17) is 5.11 Å². The largest absolute Gasteiger partial charge is 0.504 e. The maximum Gasteiger partial charge on any atom is 0.220 e. The molecular weight excluding hydrogens is 217 g/mol. The fourth-order valence-electron chi connectivity index (χ4n) is 0.521. The SMILES string of the molecule is O=c1cccccc1O.[Ru]. The molecule has 0 unspecified atom stereocenters. The van der Waals surface area contributed by atoms with E-state index in [1.54, 1.807) is 18.2 Å². The van der Waals surface area contributed by atoms with Crippen molar-refractivity contribution in [2.75, 3.05) is 0 Å². The molecular formula is C7H6O2Ru. The Kier molecular flexibility index (Phi) is 3.89. The van der Waals surface area contributed by atoms with Crippen LogP contribution in [0.2, 0.25) is 0 Å². The summed E-state index contributed by atoms with van der Waals surface area (Å²) in [5, 5.41) is 8.77. The summed E-state index contributed by atoms with van der Waals surface area (Å²) in [6.45, 7) is 0. The monoisotopic (exact) mass is 224 g/mol. The summed E-state index contributed by atoms with van der Waals surface area (Å²) < 4.78 is 0. The van der Waals surface area contributed by atoms with Crippen molar-refractivity contribution in [3.8, 4) is 5.75 Å². The Hall–Kier alpha value is -0.687. The molecule has 0 radical (unpaired) electrons. The van der Waals surface area contributed by atoms with E-state index in [-0.39, 0.29) is 30.7 Å². The van der Waals surface area contributed by atoms with Gasteiger partial charge in [-0.1, -0.05) is 18.2 Å². The molecule has 0 saturated carbocycles. The van der Waals surface area contributed by atoms with Gasteiger partial charge in [0, 0.05) is 19.5 Å². The Morgan fingerprint density at radius 2 is 1.70 bits per heavy atom. The van der Waals surface area contributed by atoms with Crippen LogP contribution in [0.25, 0.3) is 0 Å². The Morgan fingerprint density at radius 1 is 1.10 bits per heavy atom. The van der Waals surface area contributed by atoms with Gasteiger partial charge in [-0.25, -0.2) is 0 Å². The molecule has 2 nitrogen and oxygen atoms in total. The van der Waals surface area contributed by atoms with Crippen LogP contribution < -0.4 is 5.43 Å². The maximum absolute atomic E-state index is 10.6. The molecule has 1 rings (SSSR count). The summed E-state index contributed by atoms with van der Waals surface area (Å²) in [5.74, 6) is -0.208. The Bertz CT molecular complexity index is 259. The number of hydrogen-bond acceptors (Lipinski definition) is 2. The van der Waals surface area contributed by atoms with Crippen LogP contribution in [-0.2, 0) is 19.5 Å². The van der Waals surface area contributed by atoms with Crippen molar-refractivity contribution in [3.63, 3.8) is 0 Å². The molecule has 0 aliphatic carbocycles.